The minimum atomic E-state index is -0.330. The second-order valence-electron chi connectivity index (χ2n) is 5.60. The summed E-state index contributed by atoms with van der Waals surface area (Å²) in [5, 5.41) is 5.15. The zero-order valence-electron chi connectivity index (χ0n) is 14.3. The predicted molar refractivity (Wildman–Crippen MR) is 88.7 cm³/mol. The summed E-state index contributed by atoms with van der Waals surface area (Å²) < 4.78 is 10.4. The number of aryl methyl sites for hydroxylation is 1. The maximum absolute atomic E-state index is 11.8. The number of ether oxygens (including phenoxy) is 2. The number of amides is 2. The van der Waals surface area contributed by atoms with Crippen LogP contribution in [0.3, 0.4) is 0 Å². The van der Waals surface area contributed by atoms with Gasteiger partial charge in [-0.3, -0.25) is 9.59 Å². The van der Waals surface area contributed by atoms with Gasteiger partial charge in [-0.15, -0.1) is 0 Å². The number of carbonyl (C=O) groups excluding carboxylic acids is 2. The molecule has 6 heteroatoms. The summed E-state index contributed by atoms with van der Waals surface area (Å²) in [6.07, 6.45) is 0. The Labute approximate surface area is 137 Å². The van der Waals surface area contributed by atoms with Crippen molar-refractivity contribution in [2.24, 2.45) is 0 Å². The summed E-state index contributed by atoms with van der Waals surface area (Å²) in [6, 6.07) is 5.95. The van der Waals surface area contributed by atoms with Crippen LogP contribution in [0, 0.1) is 6.92 Å². The zero-order valence-corrected chi connectivity index (χ0v) is 14.3. The first-order valence-corrected chi connectivity index (χ1v) is 7.69. The van der Waals surface area contributed by atoms with Gasteiger partial charge < -0.3 is 20.1 Å². The molecule has 0 saturated heterocycles. The summed E-state index contributed by atoms with van der Waals surface area (Å²) in [6.45, 7) is 6.79. The van der Waals surface area contributed by atoms with Crippen LogP contribution >= 0.6 is 0 Å². The van der Waals surface area contributed by atoms with Gasteiger partial charge in [-0.1, -0.05) is 26.0 Å². The Morgan fingerprint density at radius 1 is 1.17 bits per heavy atom. The van der Waals surface area contributed by atoms with E-state index in [2.05, 4.69) is 24.5 Å². The molecule has 23 heavy (non-hydrogen) atoms. The highest BCUT2D eigenvalue weighted by molar-refractivity contribution is 5.85. The number of hydrogen-bond donors (Lipinski definition) is 2. The third kappa shape index (κ3) is 7.15. The molecule has 0 heterocycles. The molecule has 0 bridgehead atoms. The Balaban J connectivity index is 2.42. The van der Waals surface area contributed by atoms with Crippen LogP contribution < -0.4 is 15.4 Å². The van der Waals surface area contributed by atoms with Crippen molar-refractivity contribution >= 4 is 11.8 Å². The van der Waals surface area contributed by atoms with Crippen molar-refractivity contribution < 1.29 is 19.1 Å². The molecule has 0 aromatic heterocycles. The van der Waals surface area contributed by atoms with Gasteiger partial charge >= 0.3 is 0 Å². The van der Waals surface area contributed by atoms with Crippen molar-refractivity contribution in [3.63, 3.8) is 0 Å². The highest BCUT2D eigenvalue weighted by Crippen LogP contribution is 2.27. The lowest BCUT2D eigenvalue weighted by Crippen LogP contribution is -2.39. The van der Waals surface area contributed by atoms with Gasteiger partial charge in [0, 0.05) is 13.7 Å². The van der Waals surface area contributed by atoms with Gasteiger partial charge in [-0.25, -0.2) is 0 Å². The van der Waals surface area contributed by atoms with E-state index < -0.39 is 0 Å². The van der Waals surface area contributed by atoms with E-state index in [-0.39, 0.29) is 25.0 Å². The first-order valence-electron chi connectivity index (χ1n) is 7.69. The first-order chi connectivity index (χ1) is 10.9. The molecule has 0 aliphatic rings. The molecule has 1 aromatic rings. The second kappa shape index (κ2) is 9.84. The molecule has 0 radical (unpaired) electrons. The molecule has 128 valence electrons. The predicted octanol–water partition coefficient (Wildman–Crippen LogP) is 1.38. The molecule has 0 atom stereocenters. The number of carbonyl (C=O) groups is 2. The quantitative estimate of drug-likeness (QED) is 0.673. The van der Waals surface area contributed by atoms with Gasteiger partial charge in [0.1, 0.15) is 5.75 Å². The fraction of sp³-hybridized carbons (Fsp3) is 0.529. The Morgan fingerprint density at radius 2 is 1.91 bits per heavy atom. The lowest BCUT2D eigenvalue weighted by atomic mass is 10.0. The number of nitrogens with one attached hydrogen (secondary N) is 2. The largest absolute Gasteiger partial charge is 0.483 e. The van der Waals surface area contributed by atoms with E-state index in [4.69, 9.17) is 9.47 Å². The van der Waals surface area contributed by atoms with Gasteiger partial charge in [-0.05, 0) is 30.0 Å². The highest BCUT2D eigenvalue weighted by Gasteiger charge is 2.11. The maximum atomic E-state index is 11.8. The lowest BCUT2D eigenvalue weighted by molar-refractivity contribution is -0.127. The normalized spacial score (nSPS) is 10.5. The van der Waals surface area contributed by atoms with Crippen LogP contribution in [0.2, 0.25) is 0 Å². The second-order valence-corrected chi connectivity index (χ2v) is 5.60. The monoisotopic (exact) mass is 322 g/mol. The standard InChI is InChI=1S/C17H26N2O4/c1-12(2)14-6-5-13(3)9-15(14)23-11-17(21)19-10-16(20)18-7-8-22-4/h5-6,9,12H,7-8,10-11H2,1-4H3,(H,18,20)(H,19,21). The van der Waals surface area contributed by atoms with Crippen LogP contribution in [0.1, 0.15) is 30.9 Å². The summed E-state index contributed by atoms with van der Waals surface area (Å²) >= 11 is 0. The summed E-state index contributed by atoms with van der Waals surface area (Å²) in [5.74, 6) is 0.428. The third-order valence-electron chi connectivity index (χ3n) is 3.22. The average molecular weight is 322 g/mol. The van der Waals surface area contributed by atoms with Crippen molar-refractivity contribution in [1.29, 1.82) is 0 Å². The molecule has 2 N–H and O–H groups in total. The van der Waals surface area contributed by atoms with Crippen molar-refractivity contribution in [3.8, 4) is 5.75 Å². The van der Waals surface area contributed by atoms with Gasteiger partial charge in [-0.2, -0.15) is 0 Å². The van der Waals surface area contributed by atoms with Crippen LogP contribution in [0.5, 0.6) is 5.75 Å². The molecule has 0 saturated carbocycles. The van der Waals surface area contributed by atoms with E-state index in [0.29, 0.717) is 24.8 Å². The van der Waals surface area contributed by atoms with Gasteiger partial charge in [0.2, 0.25) is 5.91 Å². The van der Waals surface area contributed by atoms with Crippen LogP contribution in [0.4, 0.5) is 0 Å². The molecule has 6 nitrogen and oxygen atoms in total. The molecular weight excluding hydrogens is 296 g/mol. The van der Waals surface area contributed by atoms with Gasteiger partial charge in [0.15, 0.2) is 6.61 Å². The molecule has 0 unspecified atom stereocenters. The number of rotatable bonds is 9. The fourth-order valence-corrected chi connectivity index (χ4v) is 1.97. The maximum Gasteiger partial charge on any atom is 0.258 e. The average Bonchev–Trinajstić information content (AvgIpc) is 2.51. The Bertz CT molecular complexity index is 529. The Hall–Kier alpha value is -2.08. The lowest BCUT2D eigenvalue weighted by Gasteiger charge is -2.14. The highest BCUT2D eigenvalue weighted by atomic mass is 16.5. The number of hydrogen-bond acceptors (Lipinski definition) is 4. The molecule has 2 amide bonds. The van der Waals surface area contributed by atoms with Crippen molar-refractivity contribution in [2.75, 3.05) is 33.4 Å². The van der Waals surface area contributed by atoms with E-state index in [1.165, 1.54) is 0 Å². The summed E-state index contributed by atoms with van der Waals surface area (Å²) in [7, 11) is 1.56. The number of benzene rings is 1. The van der Waals surface area contributed by atoms with E-state index in [1.807, 2.05) is 25.1 Å². The molecule has 1 aromatic carbocycles. The zero-order chi connectivity index (χ0) is 17.2. The molecule has 0 fully saturated rings. The van der Waals surface area contributed by atoms with E-state index >= 15 is 0 Å². The molecule has 0 spiro atoms. The van der Waals surface area contributed by atoms with Crippen LogP contribution in [0.15, 0.2) is 18.2 Å². The topological polar surface area (TPSA) is 76.7 Å². The summed E-state index contributed by atoms with van der Waals surface area (Å²) in [5.41, 5.74) is 2.13. The van der Waals surface area contributed by atoms with Crippen LogP contribution in [-0.2, 0) is 14.3 Å². The minimum absolute atomic E-state index is 0.0727. The van der Waals surface area contributed by atoms with Crippen molar-refractivity contribution in [1.82, 2.24) is 10.6 Å². The van der Waals surface area contributed by atoms with Crippen molar-refractivity contribution in [2.45, 2.75) is 26.7 Å². The Morgan fingerprint density at radius 3 is 2.57 bits per heavy atom. The molecule has 0 aliphatic heterocycles. The summed E-state index contributed by atoms with van der Waals surface area (Å²) in [4.78, 5) is 23.2. The van der Waals surface area contributed by atoms with E-state index in [9.17, 15) is 9.59 Å². The number of methoxy groups -OCH3 is 1. The first kappa shape index (κ1) is 19.0. The third-order valence-corrected chi connectivity index (χ3v) is 3.22. The van der Waals surface area contributed by atoms with E-state index in [1.54, 1.807) is 7.11 Å². The van der Waals surface area contributed by atoms with Crippen LogP contribution in [-0.4, -0.2) is 45.2 Å². The molecule has 1 rings (SSSR count). The fourth-order valence-electron chi connectivity index (χ4n) is 1.97. The molecular formula is C17H26N2O4. The molecule has 0 aliphatic carbocycles. The Kier molecular flexibility index (Phi) is 8.11. The van der Waals surface area contributed by atoms with Crippen LogP contribution in [0.25, 0.3) is 0 Å². The van der Waals surface area contributed by atoms with Crippen molar-refractivity contribution in [3.05, 3.63) is 29.3 Å². The minimum Gasteiger partial charge on any atom is -0.483 e. The van der Waals surface area contributed by atoms with Gasteiger partial charge in [0.05, 0.1) is 13.2 Å². The van der Waals surface area contributed by atoms with E-state index in [0.717, 1.165) is 11.1 Å². The van der Waals surface area contributed by atoms with Gasteiger partial charge in [0.25, 0.3) is 5.91 Å². The SMILES string of the molecule is COCCNC(=O)CNC(=O)COc1cc(C)ccc1C(C)C. The smallest absolute Gasteiger partial charge is 0.258 e.